The molecule has 0 saturated carbocycles. The molecule has 0 radical (unpaired) electrons. The Morgan fingerprint density at radius 1 is 1.90 bits per heavy atom. The minimum atomic E-state index is -0.263. The number of hydrogen-bond acceptors (Lipinski definition) is 3. The van der Waals surface area contributed by atoms with Gasteiger partial charge in [-0.25, -0.2) is 0 Å². The van der Waals surface area contributed by atoms with Gasteiger partial charge in [-0.1, -0.05) is 6.08 Å². The van der Waals surface area contributed by atoms with Crippen molar-refractivity contribution in [3.8, 4) is 0 Å². The highest BCUT2D eigenvalue weighted by Crippen LogP contribution is 2.01. The average molecular weight is 160 g/mol. The van der Waals surface area contributed by atoms with E-state index in [-0.39, 0.29) is 12.1 Å². The van der Waals surface area contributed by atoms with Crippen LogP contribution in [-0.4, -0.2) is 17.8 Å². The van der Waals surface area contributed by atoms with Crippen LogP contribution in [-0.2, 0) is 9.53 Å². The van der Waals surface area contributed by atoms with Gasteiger partial charge in [0.2, 0.25) is 0 Å². The second kappa shape index (κ2) is 5.35. The smallest absolute Gasteiger partial charge is 0.302 e. The third-order valence-electron chi connectivity index (χ3n) is 0.966. The molecular formula is C7H12O2S. The van der Waals surface area contributed by atoms with Crippen LogP contribution in [0.4, 0.5) is 0 Å². The van der Waals surface area contributed by atoms with Gasteiger partial charge >= 0.3 is 5.97 Å². The van der Waals surface area contributed by atoms with Crippen LogP contribution in [0.3, 0.4) is 0 Å². The average Bonchev–Trinajstić information content (AvgIpc) is 1.86. The third-order valence-corrected chi connectivity index (χ3v) is 1.37. The fourth-order valence-corrected chi connectivity index (χ4v) is 0.804. The summed E-state index contributed by atoms with van der Waals surface area (Å²) in [5.74, 6) is 0.284. The van der Waals surface area contributed by atoms with Crippen LogP contribution in [0.25, 0.3) is 0 Å². The fourth-order valence-electron chi connectivity index (χ4n) is 0.581. The fraction of sp³-hybridized carbons (Fsp3) is 0.571. The molecule has 0 aliphatic carbocycles. The summed E-state index contributed by atoms with van der Waals surface area (Å²) in [7, 11) is 0. The minimum absolute atomic E-state index is 0.113. The molecular weight excluding hydrogens is 148 g/mol. The number of carbonyl (C=O) groups is 1. The Hall–Kier alpha value is -0.440. The van der Waals surface area contributed by atoms with Gasteiger partial charge in [0.25, 0.3) is 0 Å². The molecule has 3 heteroatoms. The van der Waals surface area contributed by atoms with Gasteiger partial charge in [-0.15, -0.1) is 6.58 Å². The van der Waals surface area contributed by atoms with Gasteiger partial charge in [0.1, 0.15) is 6.10 Å². The first-order valence-corrected chi connectivity index (χ1v) is 3.73. The zero-order chi connectivity index (χ0) is 7.98. The Bertz CT molecular complexity index is 123. The molecule has 10 heavy (non-hydrogen) atoms. The van der Waals surface area contributed by atoms with E-state index in [9.17, 15) is 4.79 Å². The monoisotopic (exact) mass is 160 g/mol. The minimum Gasteiger partial charge on any atom is -0.461 e. The summed E-state index contributed by atoms with van der Waals surface area (Å²) < 4.78 is 4.85. The van der Waals surface area contributed by atoms with Gasteiger partial charge in [-0.05, 0) is 0 Å². The summed E-state index contributed by atoms with van der Waals surface area (Å²) in [5, 5.41) is 0. The molecule has 0 spiro atoms. The van der Waals surface area contributed by atoms with Crippen LogP contribution in [0.1, 0.15) is 13.3 Å². The zero-order valence-corrected chi connectivity index (χ0v) is 6.93. The van der Waals surface area contributed by atoms with E-state index in [0.29, 0.717) is 12.2 Å². The molecule has 0 N–H and O–H groups in total. The molecule has 0 bridgehead atoms. The summed E-state index contributed by atoms with van der Waals surface area (Å²) in [5.41, 5.74) is 0. The van der Waals surface area contributed by atoms with Crippen LogP contribution in [0, 0.1) is 0 Å². The molecule has 0 heterocycles. The van der Waals surface area contributed by atoms with Crippen LogP contribution in [0.5, 0.6) is 0 Å². The maximum Gasteiger partial charge on any atom is 0.302 e. The highest BCUT2D eigenvalue weighted by Gasteiger charge is 2.06. The Kier molecular flexibility index (Phi) is 5.12. The molecule has 0 fully saturated rings. The predicted molar refractivity (Wildman–Crippen MR) is 44.2 cm³/mol. The molecule has 0 aromatic carbocycles. The van der Waals surface area contributed by atoms with Crippen LogP contribution < -0.4 is 0 Å². The molecule has 0 unspecified atom stereocenters. The first-order chi connectivity index (χ1) is 4.70. The Morgan fingerprint density at radius 3 is 2.80 bits per heavy atom. The van der Waals surface area contributed by atoms with Gasteiger partial charge < -0.3 is 4.74 Å². The van der Waals surface area contributed by atoms with Crippen molar-refractivity contribution in [1.29, 1.82) is 0 Å². The topological polar surface area (TPSA) is 26.3 Å². The lowest BCUT2D eigenvalue weighted by molar-refractivity contribution is -0.145. The van der Waals surface area contributed by atoms with Crippen molar-refractivity contribution in [2.24, 2.45) is 0 Å². The lowest BCUT2D eigenvalue weighted by atomic mass is 10.3. The van der Waals surface area contributed by atoms with Crippen molar-refractivity contribution < 1.29 is 9.53 Å². The molecule has 0 aromatic rings. The van der Waals surface area contributed by atoms with Crippen LogP contribution in [0.2, 0.25) is 0 Å². The van der Waals surface area contributed by atoms with E-state index in [2.05, 4.69) is 19.2 Å². The second-order valence-corrected chi connectivity index (χ2v) is 2.30. The maximum absolute atomic E-state index is 10.4. The molecule has 0 aromatic heterocycles. The quantitative estimate of drug-likeness (QED) is 0.382. The second-order valence-electron chi connectivity index (χ2n) is 1.94. The van der Waals surface area contributed by atoms with Crippen molar-refractivity contribution in [3.05, 3.63) is 12.7 Å². The van der Waals surface area contributed by atoms with E-state index in [1.54, 1.807) is 6.08 Å². The van der Waals surface area contributed by atoms with Gasteiger partial charge in [-0.3, -0.25) is 4.79 Å². The molecule has 2 nitrogen and oxygen atoms in total. The molecule has 0 amide bonds. The number of thiol groups is 1. The lowest BCUT2D eigenvalue weighted by Crippen LogP contribution is -2.16. The van der Waals surface area contributed by atoms with E-state index < -0.39 is 0 Å². The van der Waals surface area contributed by atoms with E-state index in [0.717, 1.165) is 0 Å². The van der Waals surface area contributed by atoms with Gasteiger partial charge in [0.05, 0.1) is 0 Å². The molecule has 1 atom stereocenters. The first kappa shape index (κ1) is 9.56. The lowest BCUT2D eigenvalue weighted by Gasteiger charge is -2.11. The summed E-state index contributed by atoms with van der Waals surface area (Å²) in [6, 6.07) is 0. The van der Waals surface area contributed by atoms with E-state index in [1.165, 1.54) is 6.92 Å². The van der Waals surface area contributed by atoms with Crippen molar-refractivity contribution in [1.82, 2.24) is 0 Å². The van der Waals surface area contributed by atoms with Gasteiger partial charge in [0, 0.05) is 19.1 Å². The summed E-state index contributed by atoms with van der Waals surface area (Å²) in [4.78, 5) is 10.4. The molecule has 0 aliphatic heterocycles. The van der Waals surface area contributed by atoms with Crippen molar-refractivity contribution in [2.75, 3.05) is 5.75 Å². The number of ether oxygens (including phenoxy) is 1. The van der Waals surface area contributed by atoms with E-state index >= 15 is 0 Å². The van der Waals surface area contributed by atoms with E-state index in [4.69, 9.17) is 4.74 Å². The highest BCUT2D eigenvalue weighted by atomic mass is 32.1. The third kappa shape index (κ3) is 4.44. The Balaban J connectivity index is 3.59. The Labute approximate surface area is 66.7 Å². The number of carbonyl (C=O) groups excluding carboxylic acids is 1. The van der Waals surface area contributed by atoms with Crippen molar-refractivity contribution >= 4 is 18.6 Å². The highest BCUT2D eigenvalue weighted by molar-refractivity contribution is 7.80. The summed E-state index contributed by atoms with van der Waals surface area (Å²) >= 11 is 4.00. The zero-order valence-electron chi connectivity index (χ0n) is 6.04. The van der Waals surface area contributed by atoms with Crippen LogP contribution in [0.15, 0.2) is 12.7 Å². The number of rotatable bonds is 4. The predicted octanol–water partition coefficient (Wildman–Crippen LogP) is 1.42. The number of hydrogen-bond donors (Lipinski definition) is 1. The van der Waals surface area contributed by atoms with Crippen molar-refractivity contribution in [2.45, 2.75) is 19.4 Å². The molecule has 0 rings (SSSR count). The number of esters is 1. The van der Waals surface area contributed by atoms with Crippen LogP contribution >= 0.6 is 12.6 Å². The molecule has 0 aliphatic rings. The van der Waals surface area contributed by atoms with E-state index in [1.807, 2.05) is 0 Å². The first-order valence-electron chi connectivity index (χ1n) is 3.09. The van der Waals surface area contributed by atoms with Gasteiger partial charge in [0.15, 0.2) is 0 Å². The summed E-state index contributed by atoms with van der Waals surface area (Å²) in [6.45, 7) is 4.92. The normalized spacial score (nSPS) is 12.2. The Morgan fingerprint density at radius 2 is 2.50 bits per heavy atom. The molecule has 0 saturated heterocycles. The maximum atomic E-state index is 10.4. The molecule has 58 valence electrons. The summed E-state index contributed by atoms with van der Waals surface area (Å²) in [6.07, 6.45) is 2.27. The standard InChI is InChI=1S/C7H12O2S/c1-3-4-7(5-10)9-6(2)8/h3,7,10H,1,4-5H2,2H3/t7-/m1/s1. The van der Waals surface area contributed by atoms with Gasteiger partial charge in [-0.2, -0.15) is 12.6 Å². The van der Waals surface area contributed by atoms with Crippen molar-refractivity contribution in [3.63, 3.8) is 0 Å². The largest absolute Gasteiger partial charge is 0.461 e. The SMILES string of the molecule is C=CC[C@H](CS)OC(C)=O.